The van der Waals surface area contributed by atoms with Gasteiger partial charge >= 0.3 is 0 Å². The van der Waals surface area contributed by atoms with Crippen LogP contribution in [0.15, 0.2) is 36.4 Å². The first-order valence-electron chi connectivity index (χ1n) is 7.30. The molecule has 1 N–H and O–H groups in total. The second kappa shape index (κ2) is 7.88. The van der Waals surface area contributed by atoms with Crippen LogP contribution in [-0.4, -0.2) is 20.1 Å². The Morgan fingerprint density at radius 1 is 1.09 bits per heavy atom. The van der Waals surface area contributed by atoms with Gasteiger partial charge in [0, 0.05) is 35.3 Å². The number of hydrogen-bond acceptors (Lipinski definition) is 3. The molecule has 2 aromatic carbocycles. The van der Waals surface area contributed by atoms with Gasteiger partial charge in [0.25, 0.3) is 0 Å². The van der Waals surface area contributed by atoms with E-state index in [2.05, 4.69) is 5.32 Å². The van der Waals surface area contributed by atoms with Crippen molar-refractivity contribution >= 4 is 23.2 Å². The molecule has 2 aromatic rings. The van der Waals surface area contributed by atoms with Gasteiger partial charge in [0.2, 0.25) is 5.91 Å². The first kappa shape index (κ1) is 17.2. The molecule has 1 amide bonds. The van der Waals surface area contributed by atoms with E-state index in [1.807, 2.05) is 25.1 Å². The molecule has 0 aliphatic carbocycles. The molecule has 0 atom stereocenters. The topological polar surface area (TPSA) is 47.6 Å². The third-order valence-corrected chi connectivity index (χ3v) is 3.92. The molecule has 0 bridgehead atoms. The maximum Gasteiger partial charge on any atom is 0.224 e. The number of carbonyl (C=O) groups excluding carboxylic acids is 1. The molecule has 0 saturated heterocycles. The summed E-state index contributed by atoms with van der Waals surface area (Å²) in [6, 6.07) is 11.1. The van der Waals surface area contributed by atoms with Crippen molar-refractivity contribution in [3.8, 4) is 11.5 Å². The second-order valence-corrected chi connectivity index (χ2v) is 5.64. The van der Waals surface area contributed by atoms with Crippen molar-refractivity contribution in [3.05, 3.63) is 52.5 Å². The summed E-state index contributed by atoms with van der Waals surface area (Å²) >= 11 is 6.10. The van der Waals surface area contributed by atoms with E-state index < -0.39 is 0 Å². The zero-order chi connectivity index (χ0) is 16.8. The Bertz CT molecular complexity index is 678. The van der Waals surface area contributed by atoms with E-state index in [0.29, 0.717) is 30.0 Å². The average molecular weight is 334 g/mol. The maximum absolute atomic E-state index is 12.1. The van der Waals surface area contributed by atoms with Crippen molar-refractivity contribution in [2.24, 2.45) is 0 Å². The maximum atomic E-state index is 12.1. The largest absolute Gasteiger partial charge is 0.497 e. The smallest absolute Gasteiger partial charge is 0.224 e. The van der Waals surface area contributed by atoms with Gasteiger partial charge < -0.3 is 14.8 Å². The third kappa shape index (κ3) is 4.89. The molecular weight excluding hydrogens is 314 g/mol. The molecule has 0 saturated carbocycles. The zero-order valence-corrected chi connectivity index (χ0v) is 14.2. The van der Waals surface area contributed by atoms with Crippen LogP contribution in [0, 0.1) is 6.92 Å². The third-order valence-electron chi connectivity index (χ3n) is 3.51. The van der Waals surface area contributed by atoms with Gasteiger partial charge in [-0.3, -0.25) is 4.79 Å². The van der Waals surface area contributed by atoms with Crippen molar-refractivity contribution in [2.45, 2.75) is 19.8 Å². The van der Waals surface area contributed by atoms with Gasteiger partial charge in [-0.2, -0.15) is 0 Å². The van der Waals surface area contributed by atoms with Crippen molar-refractivity contribution < 1.29 is 14.3 Å². The monoisotopic (exact) mass is 333 g/mol. The minimum Gasteiger partial charge on any atom is -0.497 e. The molecule has 0 spiro atoms. The zero-order valence-electron chi connectivity index (χ0n) is 13.5. The number of aryl methyl sites for hydroxylation is 2. The van der Waals surface area contributed by atoms with E-state index in [1.165, 1.54) is 0 Å². The van der Waals surface area contributed by atoms with Gasteiger partial charge in [-0.15, -0.1) is 0 Å². The summed E-state index contributed by atoms with van der Waals surface area (Å²) in [5.74, 6) is 1.19. The summed E-state index contributed by atoms with van der Waals surface area (Å²) in [6.45, 7) is 1.95. The first-order valence-corrected chi connectivity index (χ1v) is 7.67. The summed E-state index contributed by atoms with van der Waals surface area (Å²) in [5, 5.41) is 3.58. The van der Waals surface area contributed by atoms with E-state index in [4.69, 9.17) is 21.1 Å². The number of carbonyl (C=O) groups is 1. The average Bonchev–Trinajstić information content (AvgIpc) is 2.55. The van der Waals surface area contributed by atoms with Crippen LogP contribution in [-0.2, 0) is 11.2 Å². The molecule has 5 heteroatoms. The van der Waals surface area contributed by atoms with Crippen LogP contribution in [0.25, 0.3) is 0 Å². The molecular formula is C18H20ClNO3. The Kier molecular flexibility index (Phi) is 5.88. The molecule has 23 heavy (non-hydrogen) atoms. The summed E-state index contributed by atoms with van der Waals surface area (Å²) in [4.78, 5) is 12.1. The second-order valence-electron chi connectivity index (χ2n) is 5.23. The predicted octanol–water partition coefficient (Wildman–Crippen LogP) is 4.24. The van der Waals surface area contributed by atoms with Crippen LogP contribution in [0.1, 0.15) is 17.5 Å². The number of halogens is 1. The highest BCUT2D eigenvalue weighted by Crippen LogP contribution is 2.26. The van der Waals surface area contributed by atoms with Gasteiger partial charge in [0.1, 0.15) is 11.5 Å². The fraction of sp³-hybridized carbons (Fsp3) is 0.278. The highest BCUT2D eigenvalue weighted by Gasteiger charge is 2.07. The summed E-state index contributed by atoms with van der Waals surface area (Å²) in [6.07, 6.45) is 1.01. The van der Waals surface area contributed by atoms with Crippen LogP contribution in [0.4, 0.5) is 5.69 Å². The molecule has 0 aliphatic rings. The van der Waals surface area contributed by atoms with E-state index in [9.17, 15) is 4.79 Å². The Morgan fingerprint density at radius 3 is 2.30 bits per heavy atom. The molecule has 122 valence electrons. The van der Waals surface area contributed by atoms with Gasteiger partial charge in [-0.1, -0.05) is 23.7 Å². The Hall–Kier alpha value is -2.20. The van der Waals surface area contributed by atoms with E-state index in [-0.39, 0.29) is 5.91 Å². The molecule has 0 unspecified atom stereocenters. The molecule has 0 heterocycles. The van der Waals surface area contributed by atoms with Crippen molar-refractivity contribution in [2.75, 3.05) is 19.5 Å². The van der Waals surface area contributed by atoms with Gasteiger partial charge in [-0.05, 0) is 30.5 Å². The van der Waals surface area contributed by atoms with Crippen molar-refractivity contribution in [1.82, 2.24) is 0 Å². The minimum absolute atomic E-state index is 0.0722. The van der Waals surface area contributed by atoms with Gasteiger partial charge in [0.15, 0.2) is 0 Å². The summed E-state index contributed by atoms with van der Waals surface area (Å²) < 4.78 is 10.4. The van der Waals surface area contributed by atoms with E-state index in [1.54, 1.807) is 32.4 Å². The first-order chi connectivity index (χ1) is 11.0. The lowest BCUT2D eigenvalue weighted by molar-refractivity contribution is -0.116. The highest BCUT2D eigenvalue weighted by molar-refractivity contribution is 6.31. The van der Waals surface area contributed by atoms with E-state index >= 15 is 0 Å². The number of amides is 1. The number of benzene rings is 2. The number of anilines is 1. The molecule has 4 nitrogen and oxygen atoms in total. The molecule has 2 rings (SSSR count). The predicted molar refractivity (Wildman–Crippen MR) is 92.7 cm³/mol. The van der Waals surface area contributed by atoms with Gasteiger partial charge in [0.05, 0.1) is 14.2 Å². The molecule has 0 radical (unpaired) electrons. The number of methoxy groups -OCH3 is 2. The number of ether oxygens (including phenoxy) is 2. The minimum atomic E-state index is -0.0722. The van der Waals surface area contributed by atoms with Crippen LogP contribution >= 0.6 is 11.6 Å². The van der Waals surface area contributed by atoms with Crippen LogP contribution in [0.3, 0.4) is 0 Å². The molecule has 0 aliphatic heterocycles. The highest BCUT2D eigenvalue weighted by atomic mass is 35.5. The van der Waals surface area contributed by atoms with Crippen molar-refractivity contribution in [1.29, 1.82) is 0 Å². The lowest BCUT2D eigenvalue weighted by Gasteiger charge is -2.10. The van der Waals surface area contributed by atoms with Crippen LogP contribution in [0.5, 0.6) is 11.5 Å². The number of hydrogen-bond donors (Lipinski definition) is 1. The molecule has 0 fully saturated rings. The van der Waals surface area contributed by atoms with Crippen molar-refractivity contribution in [3.63, 3.8) is 0 Å². The quantitative estimate of drug-likeness (QED) is 0.860. The van der Waals surface area contributed by atoms with Crippen LogP contribution in [0.2, 0.25) is 5.02 Å². The fourth-order valence-corrected chi connectivity index (χ4v) is 2.36. The SMILES string of the molecule is COc1cc(NC(=O)CCc2ccc(C)c(Cl)c2)cc(OC)c1. The summed E-state index contributed by atoms with van der Waals surface area (Å²) in [5.41, 5.74) is 2.72. The normalized spacial score (nSPS) is 10.3. The Balaban J connectivity index is 1.97. The lowest BCUT2D eigenvalue weighted by Crippen LogP contribution is -2.12. The van der Waals surface area contributed by atoms with Crippen LogP contribution < -0.4 is 14.8 Å². The number of nitrogens with one attached hydrogen (secondary N) is 1. The summed E-state index contributed by atoms with van der Waals surface area (Å²) in [7, 11) is 3.14. The fourth-order valence-electron chi connectivity index (χ4n) is 2.15. The standard InChI is InChI=1S/C18H20ClNO3/c1-12-4-5-13(8-17(12)19)6-7-18(21)20-14-9-15(22-2)11-16(10-14)23-3/h4-5,8-11H,6-7H2,1-3H3,(H,20,21). The van der Waals surface area contributed by atoms with E-state index in [0.717, 1.165) is 16.1 Å². The lowest BCUT2D eigenvalue weighted by atomic mass is 10.1. The Morgan fingerprint density at radius 2 is 1.74 bits per heavy atom. The Labute approximate surface area is 141 Å². The number of rotatable bonds is 6. The van der Waals surface area contributed by atoms with Gasteiger partial charge in [-0.25, -0.2) is 0 Å². The molecule has 0 aromatic heterocycles.